The summed E-state index contributed by atoms with van der Waals surface area (Å²) < 4.78 is 1.59. The zero-order valence-corrected chi connectivity index (χ0v) is 10.3. The molecule has 0 aliphatic carbocycles. The normalized spacial score (nSPS) is 12.1. The highest BCUT2D eigenvalue weighted by Crippen LogP contribution is 2.22. The van der Waals surface area contributed by atoms with Crippen LogP contribution in [0.3, 0.4) is 0 Å². The fraction of sp³-hybridized carbons (Fsp3) is 0.231. The van der Waals surface area contributed by atoms with Crippen molar-refractivity contribution in [2.75, 3.05) is 5.32 Å². The Hall–Kier alpha value is -2.30. The Morgan fingerprint density at radius 2 is 2.11 bits per heavy atom. The summed E-state index contributed by atoms with van der Waals surface area (Å²) in [5, 5.41) is 16.4. The van der Waals surface area contributed by atoms with Gasteiger partial charge in [0.2, 0.25) is 5.91 Å². The first kappa shape index (κ1) is 12.2. The van der Waals surface area contributed by atoms with Crippen molar-refractivity contribution in [3.8, 4) is 5.75 Å². The number of para-hydroxylation sites is 2. The molecule has 1 amide bonds. The molecule has 0 saturated heterocycles. The highest BCUT2D eigenvalue weighted by Gasteiger charge is 2.16. The fourth-order valence-corrected chi connectivity index (χ4v) is 1.59. The van der Waals surface area contributed by atoms with Gasteiger partial charge in [0.15, 0.2) is 0 Å². The summed E-state index contributed by atoms with van der Waals surface area (Å²) in [5.41, 5.74) is 1.26. The second-order valence-corrected chi connectivity index (χ2v) is 4.12. The third-order valence-electron chi connectivity index (χ3n) is 2.68. The number of nitrogens with zero attached hydrogens (tertiary/aromatic N) is 2. The second-order valence-electron chi connectivity index (χ2n) is 4.12. The van der Waals surface area contributed by atoms with Gasteiger partial charge in [0, 0.05) is 6.20 Å². The highest BCUT2D eigenvalue weighted by atomic mass is 16.3. The Morgan fingerprint density at radius 3 is 2.72 bits per heavy atom. The van der Waals surface area contributed by atoms with E-state index in [1.54, 1.807) is 36.0 Å². The SMILES string of the molecule is Cc1ccn(C(C)C(=O)Nc2ccccc2O)n1. The van der Waals surface area contributed by atoms with Crippen molar-refractivity contribution in [1.82, 2.24) is 9.78 Å². The van der Waals surface area contributed by atoms with E-state index in [2.05, 4.69) is 10.4 Å². The number of aromatic nitrogens is 2. The second kappa shape index (κ2) is 4.91. The van der Waals surface area contributed by atoms with Crippen LogP contribution in [0.4, 0.5) is 5.69 Å². The van der Waals surface area contributed by atoms with E-state index in [0.717, 1.165) is 5.69 Å². The van der Waals surface area contributed by atoms with Crippen molar-refractivity contribution in [3.63, 3.8) is 0 Å². The summed E-state index contributed by atoms with van der Waals surface area (Å²) in [7, 11) is 0. The van der Waals surface area contributed by atoms with E-state index in [-0.39, 0.29) is 11.7 Å². The number of anilines is 1. The van der Waals surface area contributed by atoms with Crippen molar-refractivity contribution in [2.45, 2.75) is 19.9 Å². The number of phenols is 1. The Bertz CT molecular complexity index is 563. The van der Waals surface area contributed by atoms with Crippen molar-refractivity contribution in [1.29, 1.82) is 0 Å². The molecule has 0 aliphatic heterocycles. The van der Waals surface area contributed by atoms with Crippen LogP contribution in [-0.2, 0) is 4.79 Å². The van der Waals surface area contributed by atoms with Gasteiger partial charge in [0.25, 0.3) is 0 Å². The number of amides is 1. The molecule has 1 heterocycles. The van der Waals surface area contributed by atoms with E-state index >= 15 is 0 Å². The van der Waals surface area contributed by atoms with Crippen LogP contribution in [0.15, 0.2) is 36.5 Å². The van der Waals surface area contributed by atoms with Crippen LogP contribution in [0.1, 0.15) is 18.7 Å². The van der Waals surface area contributed by atoms with Gasteiger partial charge in [-0.05, 0) is 32.0 Å². The molecule has 1 aromatic carbocycles. The van der Waals surface area contributed by atoms with Gasteiger partial charge in [-0.25, -0.2) is 0 Å². The lowest BCUT2D eigenvalue weighted by atomic mass is 10.2. The first-order valence-electron chi connectivity index (χ1n) is 5.68. The monoisotopic (exact) mass is 245 g/mol. The highest BCUT2D eigenvalue weighted by molar-refractivity contribution is 5.94. The number of phenolic OH excluding ortho intramolecular Hbond substituents is 1. The van der Waals surface area contributed by atoms with Gasteiger partial charge in [-0.2, -0.15) is 5.10 Å². The predicted octanol–water partition coefficient (Wildman–Crippen LogP) is 2.10. The minimum Gasteiger partial charge on any atom is -0.506 e. The van der Waals surface area contributed by atoms with E-state index in [9.17, 15) is 9.90 Å². The topological polar surface area (TPSA) is 67.2 Å². The molecule has 1 aromatic heterocycles. The molecule has 94 valence electrons. The molecule has 0 spiro atoms. The molecule has 0 bridgehead atoms. The van der Waals surface area contributed by atoms with E-state index < -0.39 is 6.04 Å². The van der Waals surface area contributed by atoms with Crippen LogP contribution in [0.5, 0.6) is 5.75 Å². The fourth-order valence-electron chi connectivity index (χ4n) is 1.59. The zero-order valence-electron chi connectivity index (χ0n) is 10.3. The maximum atomic E-state index is 12.0. The summed E-state index contributed by atoms with van der Waals surface area (Å²) in [6.07, 6.45) is 1.75. The van der Waals surface area contributed by atoms with Gasteiger partial charge >= 0.3 is 0 Å². The molecule has 1 atom stereocenters. The quantitative estimate of drug-likeness (QED) is 0.814. The maximum absolute atomic E-state index is 12.0. The predicted molar refractivity (Wildman–Crippen MR) is 68.4 cm³/mol. The summed E-state index contributed by atoms with van der Waals surface area (Å²) in [5.74, 6) is -0.172. The van der Waals surface area contributed by atoms with Crippen LogP contribution >= 0.6 is 0 Å². The number of carbonyl (C=O) groups is 1. The van der Waals surface area contributed by atoms with Gasteiger partial charge in [0.1, 0.15) is 11.8 Å². The lowest BCUT2D eigenvalue weighted by Gasteiger charge is -2.13. The lowest BCUT2D eigenvalue weighted by Crippen LogP contribution is -2.24. The Labute approximate surface area is 105 Å². The molecular weight excluding hydrogens is 230 g/mol. The van der Waals surface area contributed by atoms with E-state index in [1.807, 2.05) is 13.0 Å². The molecule has 5 nitrogen and oxygen atoms in total. The number of aromatic hydroxyl groups is 1. The van der Waals surface area contributed by atoms with Crippen LogP contribution in [0.2, 0.25) is 0 Å². The minimum atomic E-state index is -0.432. The molecule has 0 radical (unpaired) electrons. The number of aryl methyl sites for hydroxylation is 1. The molecular formula is C13H15N3O2. The summed E-state index contributed by atoms with van der Waals surface area (Å²) >= 11 is 0. The van der Waals surface area contributed by atoms with Gasteiger partial charge in [-0.3, -0.25) is 9.48 Å². The number of hydrogen-bond acceptors (Lipinski definition) is 3. The van der Waals surface area contributed by atoms with Gasteiger partial charge < -0.3 is 10.4 Å². The maximum Gasteiger partial charge on any atom is 0.249 e. The van der Waals surface area contributed by atoms with Gasteiger partial charge in [-0.15, -0.1) is 0 Å². The molecule has 1 unspecified atom stereocenters. The molecule has 5 heteroatoms. The van der Waals surface area contributed by atoms with E-state index in [1.165, 1.54) is 6.07 Å². The van der Waals surface area contributed by atoms with E-state index in [0.29, 0.717) is 5.69 Å². The molecule has 18 heavy (non-hydrogen) atoms. The zero-order chi connectivity index (χ0) is 13.1. The Morgan fingerprint density at radius 1 is 1.39 bits per heavy atom. The summed E-state index contributed by atoms with van der Waals surface area (Å²) in [6.45, 7) is 3.62. The largest absolute Gasteiger partial charge is 0.506 e. The van der Waals surface area contributed by atoms with Crippen molar-refractivity contribution in [3.05, 3.63) is 42.2 Å². The molecule has 0 fully saturated rings. The number of nitrogens with one attached hydrogen (secondary N) is 1. The number of hydrogen-bond donors (Lipinski definition) is 2. The minimum absolute atomic E-state index is 0.0506. The average Bonchev–Trinajstić information content (AvgIpc) is 2.78. The third-order valence-corrected chi connectivity index (χ3v) is 2.68. The van der Waals surface area contributed by atoms with Crippen molar-refractivity contribution in [2.24, 2.45) is 0 Å². The molecule has 2 rings (SSSR count). The molecule has 2 aromatic rings. The number of benzene rings is 1. The van der Waals surface area contributed by atoms with Gasteiger partial charge in [-0.1, -0.05) is 12.1 Å². The van der Waals surface area contributed by atoms with Crippen molar-refractivity contribution >= 4 is 11.6 Å². The van der Waals surface area contributed by atoms with Crippen LogP contribution < -0.4 is 5.32 Å². The van der Waals surface area contributed by atoms with Crippen LogP contribution in [0.25, 0.3) is 0 Å². The summed E-state index contributed by atoms with van der Waals surface area (Å²) in [6, 6.07) is 8.03. The lowest BCUT2D eigenvalue weighted by molar-refractivity contribution is -0.119. The third kappa shape index (κ3) is 2.51. The molecule has 0 saturated carbocycles. The van der Waals surface area contributed by atoms with E-state index in [4.69, 9.17) is 0 Å². The summed E-state index contributed by atoms with van der Waals surface area (Å²) in [4.78, 5) is 12.0. The van der Waals surface area contributed by atoms with Gasteiger partial charge in [0.05, 0.1) is 11.4 Å². The first-order valence-corrected chi connectivity index (χ1v) is 5.68. The Balaban J connectivity index is 2.11. The average molecular weight is 245 g/mol. The first-order chi connectivity index (χ1) is 8.58. The standard InChI is InChI=1S/C13H15N3O2/c1-9-7-8-16(15-9)10(2)13(18)14-11-5-3-4-6-12(11)17/h3-8,10,17H,1-2H3,(H,14,18). The van der Waals surface area contributed by atoms with Crippen molar-refractivity contribution < 1.29 is 9.90 Å². The number of carbonyl (C=O) groups excluding carboxylic acids is 1. The van der Waals surface area contributed by atoms with Crippen LogP contribution in [0, 0.1) is 6.92 Å². The Kier molecular flexibility index (Phi) is 3.32. The van der Waals surface area contributed by atoms with Crippen LogP contribution in [-0.4, -0.2) is 20.8 Å². The number of rotatable bonds is 3. The molecule has 0 aliphatic rings. The smallest absolute Gasteiger partial charge is 0.249 e. The molecule has 2 N–H and O–H groups in total.